The fraction of sp³-hybridized carbons (Fsp3) is 0.355. The van der Waals surface area contributed by atoms with Gasteiger partial charge in [-0.25, -0.2) is 8.42 Å². The van der Waals surface area contributed by atoms with Gasteiger partial charge in [-0.2, -0.15) is 0 Å². The molecule has 0 saturated heterocycles. The highest BCUT2D eigenvalue weighted by atomic mass is 79.9. The van der Waals surface area contributed by atoms with Crippen molar-refractivity contribution in [1.29, 1.82) is 0 Å². The summed E-state index contributed by atoms with van der Waals surface area (Å²) < 4.78 is 27.5. The number of halogens is 1. The van der Waals surface area contributed by atoms with Gasteiger partial charge in [0, 0.05) is 36.4 Å². The topological polar surface area (TPSA) is 86.8 Å². The maximum Gasteiger partial charge on any atom is 0.243 e. The molecule has 0 aliphatic rings. The van der Waals surface area contributed by atoms with Gasteiger partial charge >= 0.3 is 0 Å². The summed E-state index contributed by atoms with van der Waals surface area (Å²) in [6.45, 7) is 6.04. The molecule has 7 nitrogen and oxygen atoms in total. The van der Waals surface area contributed by atoms with Crippen LogP contribution in [0.1, 0.15) is 43.4 Å². The lowest BCUT2D eigenvalue weighted by Gasteiger charge is -2.32. The first-order valence-electron chi connectivity index (χ1n) is 13.4. The summed E-state index contributed by atoms with van der Waals surface area (Å²) in [5, 5.41) is 2.99. The van der Waals surface area contributed by atoms with E-state index in [0.29, 0.717) is 18.5 Å². The number of hydrogen-bond donors (Lipinski definition) is 1. The smallest absolute Gasteiger partial charge is 0.243 e. The number of carbonyl (C=O) groups excluding carboxylic acids is 2. The van der Waals surface area contributed by atoms with Crippen LogP contribution in [-0.2, 0) is 32.6 Å². The lowest BCUT2D eigenvalue weighted by atomic mass is 10.0. The van der Waals surface area contributed by atoms with E-state index in [1.165, 1.54) is 10.6 Å². The molecule has 1 atom stereocenters. The van der Waals surface area contributed by atoms with E-state index in [1.54, 1.807) is 17.0 Å². The van der Waals surface area contributed by atoms with E-state index in [0.717, 1.165) is 21.2 Å². The van der Waals surface area contributed by atoms with Crippen LogP contribution in [0, 0.1) is 6.92 Å². The molecule has 214 valence electrons. The maximum atomic E-state index is 13.9. The first-order chi connectivity index (χ1) is 19.0. The second kappa shape index (κ2) is 14.5. The van der Waals surface area contributed by atoms with E-state index in [-0.39, 0.29) is 37.4 Å². The summed E-state index contributed by atoms with van der Waals surface area (Å²) in [5.41, 5.74) is 3.27. The molecule has 0 fully saturated rings. The number of aryl methyl sites for hydroxylation is 1. The van der Waals surface area contributed by atoms with Gasteiger partial charge in [-0.05, 0) is 62.1 Å². The minimum atomic E-state index is -3.56. The number of nitrogens with zero attached hydrogens (tertiary/aromatic N) is 2. The van der Waals surface area contributed by atoms with Crippen molar-refractivity contribution in [3.8, 4) is 0 Å². The van der Waals surface area contributed by atoms with Crippen LogP contribution in [0.2, 0.25) is 0 Å². The number of sulfonamides is 1. The first kappa shape index (κ1) is 31.4. The Morgan fingerprint density at radius 2 is 1.57 bits per heavy atom. The second-order valence-electron chi connectivity index (χ2n) is 10.2. The lowest BCUT2D eigenvalue weighted by Crippen LogP contribution is -2.51. The van der Waals surface area contributed by atoms with Crippen molar-refractivity contribution >= 4 is 43.5 Å². The quantitative estimate of drug-likeness (QED) is 0.272. The molecule has 3 aromatic rings. The van der Waals surface area contributed by atoms with Crippen molar-refractivity contribution < 1.29 is 18.0 Å². The Kier molecular flexibility index (Phi) is 11.3. The highest BCUT2D eigenvalue weighted by Gasteiger charge is 2.31. The zero-order valence-corrected chi connectivity index (χ0v) is 25.9. The fourth-order valence-electron chi connectivity index (χ4n) is 4.59. The van der Waals surface area contributed by atoms with E-state index in [4.69, 9.17) is 0 Å². The molecular formula is C31H38BrN3O4S. The molecule has 0 heterocycles. The number of amides is 2. The van der Waals surface area contributed by atoms with E-state index in [2.05, 4.69) is 21.2 Å². The van der Waals surface area contributed by atoms with Gasteiger partial charge in [0.2, 0.25) is 21.8 Å². The highest BCUT2D eigenvalue weighted by Crippen LogP contribution is 2.23. The Balaban J connectivity index is 1.89. The third-order valence-electron chi connectivity index (χ3n) is 6.48. The molecule has 40 heavy (non-hydrogen) atoms. The number of anilines is 1. The van der Waals surface area contributed by atoms with Gasteiger partial charge in [-0.3, -0.25) is 13.9 Å². The molecule has 0 spiro atoms. The molecule has 9 heteroatoms. The van der Waals surface area contributed by atoms with Crippen LogP contribution < -0.4 is 9.62 Å². The summed E-state index contributed by atoms with van der Waals surface area (Å²) in [6, 6.07) is 23.8. The second-order valence-corrected chi connectivity index (χ2v) is 13.1. The summed E-state index contributed by atoms with van der Waals surface area (Å²) in [7, 11) is -3.56. The van der Waals surface area contributed by atoms with Crippen LogP contribution in [0.4, 0.5) is 5.69 Å². The monoisotopic (exact) mass is 627 g/mol. The standard InChI is InChI=1S/C31H38BrN3O4S/c1-23(2)33-31(37)29(21-25-13-6-5-7-14-25)34(22-26-15-10-16-27(32)20-26)30(36)18-11-19-35(40(4,38)39)28-17-9-8-12-24(28)3/h5-10,12-17,20,23,29H,11,18-19,21-22H2,1-4H3,(H,33,37)/t29-/m1/s1. The largest absolute Gasteiger partial charge is 0.352 e. The van der Waals surface area contributed by atoms with Crippen molar-refractivity contribution in [2.75, 3.05) is 17.1 Å². The molecule has 0 unspecified atom stereocenters. The molecule has 3 aromatic carbocycles. The Hall–Kier alpha value is -3.17. The number of nitrogens with one attached hydrogen (secondary N) is 1. The van der Waals surface area contributed by atoms with Crippen molar-refractivity contribution in [3.63, 3.8) is 0 Å². The molecule has 2 amide bonds. The molecule has 1 N–H and O–H groups in total. The Labute approximate surface area is 246 Å². The number of carbonyl (C=O) groups is 2. The molecular weight excluding hydrogens is 590 g/mol. The predicted octanol–water partition coefficient (Wildman–Crippen LogP) is 5.47. The van der Waals surface area contributed by atoms with Crippen molar-refractivity contribution in [2.45, 2.75) is 58.7 Å². The average molecular weight is 629 g/mol. The zero-order valence-electron chi connectivity index (χ0n) is 23.5. The van der Waals surface area contributed by atoms with Crippen molar-refractivity contribution in [2.24, 2.45) is 0 Å². The van der Waals surface area contributed by atoms with Crippen molar-refractivity contribution in [3.05, 3.63) is 100 Å². The number of benzene rings is 3. The molecule has 0 bridgehead atoms. The molecule has 0 aliphatic heterocycles. The average Bonchev–Trinajstić information content (AvgIpc) is 2.88. The van der Waals surface area contributed by atoms with Crippen molar-refractivity contribution in [1.82, 2.24) is 10.2 Å². The minimum absolute atomic E-state index is 0.0894. The minimum Gasteiger partial charge on any atom is -0.352 e. The number of rotatable bonds is 13. The van der Waals surface area contributed by atoms with Gasteiger partial charge in [-0.15, -0.1) is 0 Å². The molecule has 0 aromatic heterocycles. The van der Waals surface area contributed by atoms with Gasteiger partial charge in [0.25, 0.3) is 0 Å². The lowest BCUT2D eigenvalue weighted by molar-refractivity contribution is -0.141. The predicted molar refractivity (Wildman–Crippen MR) is 165 cm³/mol. The third-order valence-corrected chi connectivity index (χ3v) is 8.15. The Bertz CT molecular complexity index is 1400. The normalized spacial score (nSPS) is 12.2. The molecule has 0 aliphatic carbocycles. The van der Waals surface area contributed by atoms with Gasteiger partial charge in [-0.1, -0.05) is 76.6 Å². The van der Waals surface area contributed by atoms with Gasteiger partial charge in [0.1, 0.15) is 6.04 Å². The van der Waals surface area contributed by atoms with Crippen LogP contribution in [0.25, 0.3) is 0 Å². The first-order valence-corrected chi connectivity index (χ1v) is 16.0. The summed E-state index contributed by atoms with van der Waals surface area (Å²) in [4.78, 5) is 29.0. The van der Waals surface area contributed by atoms with Gasteiger partial charge in [0.15, 0.2) is 0 Å². The number of para-hydroxylation sites is 1. The summed E-state index contributed by atoms with van der Waals surface area (Å²) in [6.07, 6.45) is 1.93. The van der Waals surface area contributed by atoms with Gasteiger partial charge in [0.05, 0.1) is 11.9 Å². The van der Waals surface area contributed by atoms with Crippen LogP contribution in [-0.4, -0.2) is 50.0 Å². The van der Waals surface area contributed by atoms with Crippen LogP contribution in [0.5, 0.6) is 0 Å². The molecule has 0 saturated carbocycles. The van der Waals surface area contributed by atoms with E-state index in [1.807, 2.05) is 87.5 Å². The molecule has 0 radical (unpaired) electrons. The third kappa shape index (κ3) is 9.20. The summed E-state index contributed by atoms with van der Waals surface area (Å²) in [5.74, 6) is -0.432. The van der Waals surface area contributed by atoms with Crippen LogP contribution in [0.15, 0.2) is 83.3 Å². The summed E-state index contributed by atoms with van der Waals surface area (Å²) >= 11 is 3.50. The van der Waals surface area contributed by atoms with Gasteiger partial charge < -0.3 is 10.2 Å². The zero-order chi connectivity index (χ0) is 29.3. The Morgan fingerprint density at radius 3 is 2.20 bits per heavy atom. The maximum absolute atomic E-state index is 13.9. The SMILES string of the molecule is Cc1ccccc1N(CCCC(=O)N(Cc1cccc(Br)c1)[C@H](Cc1ccccc1)C(=O)NC(C)C)S(C)(=O)=O. The van der Waals surface area contributed by atoms with E-state index in [9.17, 15) is 18.0 Å². The molecule has 3 rings (SSSR count). The fourth-order valence-corrected chi connectivity index (χ4v) is 6.06. The van der Waals surface area contributed by atoms with E-state index >= 15 is 0 Å². The van der Waals surface area contributed by atoms with Crippen LogP contribution in [0.3, 0.4) is 0 Å². The Morgan fingerprint density at radius 1 is 0.925 bits per heavy atom. The number of hydrogen-bond acceptors (Lipinski definition) is 4. The van der Waals surface area contributed by atoms with E-state index < -0.39 is 16.1 Å². The highest BCUT2D eigenvalue weighted by molar-refractivity contribution is 9.10. The van der Waals surface area contributed by atoms with Crippen LogP contribution >= 0.6 is 15.9 Å².